The molecule has 0 heterocycles. The second-order valence-electron chi connectivity index (χ2n) is 3.15. The van der Waals surface area contributed by atoms with Gasteiger partial charge in [0.25, 0.3) is 0 Å². The van der Waals surface area contributed by atoms with Crippen LogP contribution in [0.1, 0.15) is 18.9 Å². The quantitative estimate of drug-likeness (QED) is 0.454. The van der Waals surface area contributed by atoms with E-state index in [-0.39, 0.29) is 0 Å². The molecule has 0 atom stereocenters. The summed E-state index contributed by atoms with van der Waals surface area (Å²) < 4.78 is 0. The van der Waals surface area contributed by atoms with Gasteiger partial charge in [-0.2, -0.15) is 4.86 Å². The standard InChI is InChI=1S/C10H15N3O/c1-3-8-13(14)12-11-10-6-4-9(2)5-7-10/h4-7,11H,3,8H2,1-2H3. The molecule has 0 aromatic heterocycles. The maximum atomic E-state index is 11.0. The first kappa shape index (κ1) is 10.5. The molecular formula is C10H15N3O. The van der Waals surface area contributed by atoms with Crippen molar-refractivity contribution in [3.8, 4) is 0 Å². The van der Waals surface area contributed by atoms with E-state index in [0.717, 1.165) is 12.1 Å². The minimum absolute atomic E-state index is 0.416. The van der Waals surface area contributed by atoms with Crippen LogP contribution in [-0.2, 0) is 0 Å². The van der Waals surface area contributed by atoms with Crippen molar-refractivity contribution in [1.29, 1.82) is 0 Å². The van der Waals surface area contributed by atoms with E-state index in [1.165, 1.54) is 5.56 Å². The first-order valence-corrected chi connectivity index (χ1v) is 4.70. The molecule has 0 radical (unpaired) electrons. The van der Waals surface area contributed by atoms with Crippen molar-refractivity contribution in [2.75, 3.05) is 12.0 Å². The van der Waals surface area contributed by atoms with Gasteiger partial charge in [-0.05, 0) is 25.5 Å². The van der Waals surface area contributed by atoms with Gasteiger partial charge in [-0.15, -0.1) is 5.43 Å². The highest BCUT2D eigenvalue weighted by Crippen LogP contribution is 2.08. The van der Waals surface area contributed by atoms with Gasteiger partial charge in [0.15, 0.2) is 0 Å². The third-order valence-electron chi connectivity index (χ3n) is 1.76. The first-order valence-electron chi connectivity index (χ1n) is 4.70. The number of hydrogen-bond donors (Lipinski definition) is 1. The highest BCUT2D eigenvalue weighted by Gasteiger charge is 1.94. The zero-order valence-corrected chi connectivity index (χ0v) is 8.53. The maximum absolute atomic E-state index is 11.0. The monoisotopic (exact) mass is 193 g/mol. The van der Waals surface area contributed by atoms with Gasteiger partial charge >= 0.3 is 0 Å². The van der Waals surface area contributed by atoms with E-state index in [1.54, 1.807) is 0 Å². The summed E-state index contributed by atoms with van der Waals surface area (Å²) in [7, 11) is 0. The van der Waals surface area contributed by atoms with Crippen LogP contribution in [0.3, 0.4) is 0 Å². The van der Waals surface area contributed by atoms with Crippen molar-refractivity contribution in [2.45, 2.75) is 20.3 Å². The van der Waals surface area contributed by atoms with Crippen LogP contribution in [0.2, 0.25) is 0 Å². The first-order chi connectivity index (χ1) is 6.72. The number of hydrogen-bond acceptors (Lipinski definition) is 2. The molecule has 1 aromatic carbocycles. The predicted molar refractivity (Wildman–Crippen MR) is 56.0 cm³/mol. The summed E-state index contributed by atoms with van der Waals surface area (Å²) in [5, 5.41) is 14.6. The molecule has 0 bridgehead atoms. The Balaban J connectivity index is 2.53. The van der Waals surface area contributed by atoms with E-state index >= 15 is 0 Å². The molecule has 1 aromatic rings. The number of aryl methyl sites for hydroxylation is 1. The zero-order chi connectivity index (χ0) is 10.4. The molecule has 0 aliphatic rings. The molecule has 1 rings (SSSR count). The third-order valence-corrected chi connectivity index (χ3v) is 1.76. The predicted octanol–water partition coefficient (Wildman–Crippen LogP) is 2.69. The average Bonchev–Trinajstić information content (AvgIpc) is 2.17. The van der Waals surface area contributed by atoms with Crippen LogP contribution in [0.5, 0.6) is 0 Å². The number of rotatable bonds is 4. The second-order valence-corrected chi connectivity index (χ2v) is 3.15. The number of anilines is 1. The fraction of sp³-hybridized carbons (Fsp3) is 0.400. The van der Waals surface area contributed by atoms with Crippen LogP contribution in [0.25, 0.3) is 0 Å². The van der Waals surface area contributed by atoms with Crippen molar-refractivity contribution in [2.24, 2.45) is 5.22 Å². The third kappa shape index (κ3) is 3.43. The van der Waals surface area contributed by atoms with Crippen LogP contribution in [0.15, 0.2) is 29.5 Å². The summed E-state index contributed by atoms with van der Waals surface area (Å²) in [4.78, 5) is 0.653. The van der Waals surface area contributed by atoms with Crippen molar-refractivity contribution >= 4 is 5.69 Å². The van der Waals surface area contributed by atoms with Crippen LogP contribution >= 0.6 is 0 Å². The lowest BCUT2D eigenvalue weighted by atomic mass is 10.2. The van der Waals surface area contributed by atoms with E-state index in [9.17, 15) is 5.21 Å². The Hall–Kier alpha value is -1.58. The largest absolute Gasteiger partial charge is 0.696 e. The number of nitrogens with zero attached hydrogens (tertiary/aromatic N) is 2. The van der Waals surface area contributed by atoms with Crippen molar-refractivity contribution in [3.05, 3.63) is 35.0 Å². The molecule has 4 nitrogen and oxygen atoms in total. The second kappa shape index (κ2) is 5.21. The van der Waals surface area contributed by atoms with Crippen molar-refractivity contribution in [3.63, 3.8) is 0 Å². The Morgan fingerprint density at radius 2 is 2.00 bits per heavy atom. The van der Waals surface area contributed by atoms with Gasteiger partial charge in [0.1, 0.15) is 12.2 Å². The number of hydroxylamine groups is 1. The Morgan fingerprint density at radius 1 is 1.36 bits per heavy atom. The molecule has 76 valence electrons. The minimum atomic E-state index is 0.416. The Labute approximate surface area is 83.8 Å². The summed E-state index contributed by atoms with van der Waals surface area (Å²) in [5.74, 6) is 0. The molecule has 0 unspecified atom stereocenters. The summed E-state index contributed by atoms with van der Waals surface area (Å²) >= 11 is 0. The summed E-state index contributed by atoms with van der Waals surface area (Å²) in [6.45, 7) is 4.36. The van der Waals surface area contributed by atoms with E-state index in [0.29, 0.717) is 11.4 Å². The van der Waals surface area contributed by atoms with E-state index in [1.807, 2.05) is 38.1 Å². The molecular weight excluding hydrogens is 178 g/mol. The summed E-state index contributed by atoms with van der Waals surface area (Å²) in [5.41, 5.74) is 4.70. The molecule has 0 aliphatic heterocycles. The fourth-order valence-corrected chi connectivity index (χ4v) is 0.983. The minimum Gasteiger partial charge on any atom is -0.696 e. The Kier molecular flexibility index (Phi) is 3.91. The number of nitrogens with one attached hydrogen (secondary N) is 1. The molecule has 0 fully saturated rings. The van der Waals surface area contributed by atoms with Gasteiger partial charge < -0.3 is 5.21 Å². The normalized spacial score (nSPS) is 11.4. The van der Waals surface area contributed by atoms with Crippen LogP contribution in [0.4, 0.5) is 5.69 Å². The Bertz CT molecular complexity index is 306. The van der Waals surface area contributed by atoms with Crippen molar-refractivity contribution < 1.29 is 4.86 Å². The van der Waals surface area contributed by atoms with Crippen molar-refractivity contribution in [1.82, 2.24) is 0 Å². The Morgan fingerprint density at radius 3 is 2.57 bits per heavy atom. The molecule has 0 saturated heterocycles. The lowest BCUT2D eigenvalue weighted by Crippen LogP contribution is -2.04. The molecule has 4 heteroatoms. The molecule has 0 spiro atoms. The SMILES string of the molecule is CCC[N+]([O-])=NNc1ccc(C)cc1. The van der Waals surface area contributed by atoms with Crippen LogP contribution in [0, 0.1) is 12.1 Å². The van der Waals surface area contributed by atoms with Gasteiger partial charge in [0.05, 0.1) is 5.22 Å². The van der Waals surface area contributed by atoms with Gasteiger partial charge in [0.2, 0.25) is 0 Å². The van der Waals surface area contributed by atoms with Crippen LogP contribution < -0.4 is 5.43 Å². The molecule has 14 heavy (non-hydrogen) atoms. The zero-order valence-electron chi connectivity index (χ0n) is 8.53. The summed E-state index contributed by atoms with van der Waals surface area (Å²) in [6, 6.07) is 7.71. The van der Waals surface area contributed by atoms with E-state index in [2.05, 4.69) is 10.6 Å². The van der Waals surface area contributed by atoms with Gasteiger partial charge in [-0.25, -0.2) is 0 Å². The van der Waals surface area contributed by atoms with E-state index < -0.39 is 0 Å². The average molecular weight is 193 g/mol. The fourth-order valence-electron chi connectivity index (χ4n) is 0.983. The summed E-state index contributed by atoms with van der Waals surface area (Å²) in [6.07, 6.45) is 0.794. The highest BCUT2D eigenvalue weighted by atomic mass is 16.5. The lowest BCUT2D eigenvalue weighted by molar-refractivity contribution is -0.528. The smallest absolute Gasteiger partial charge is 0.146 e. The molecule has 1 N–H and O–H groups in total. The lowest BCUT2D eigenvalue weighted by Gasteiger charge is -2.03. The molecule has 0 amide bonds. The maximum Gasteiger partial charge on any atom is 0.146 e. The molecule has 0 saturated carbocycles. The van der Waals surface area contributed by atoms with Gasteiger partial charge in [-0.1, -0.05) is 24.6 Å². The van der Waals surface area contributed by atoms with Gasteiger partial charge in [-0.3, -0.25) is 0 Å². The van der Waals surface area contributed by atoms with Crippen LogP contribution in [-0.4, -0.2) is 11.4 Å². The topological polar surface area (TPSA) is 50.5 Å². The highest BCUT2D eigenvalue weighted by molar-refractivity contribution is 5.43. The molecule has 0 aliphatic carbocycles. The van der Waals surface area contributed by atoms with E-state index in [4.69, 9.17) is 0 Å². The number of benzene rings is 1. The van der Waals surface area contributed by atoms with Gasteiger partial charge in [0, 0.05) is 0 Å².